The molecule has 0 aromatic heterocycles. The maximum absolute atomic E-state index is 10.1. The lowest BCUT2D eigenvalue weighted by atomic mass is 10.1. The minimum atomic E-state index is -1.15. The number of aliphatic carboxylic acids is 1. The van der Waals surface area contributed by atoms with Gasteiger partial charge in [0.15, 0.2) is 0 Å². The zero-order chi connectivity index (χ0) is 13.1. The summed E-state index contributed by atoms with van der Waals surface area (Å²) < 4.78 is 0. The van der Waals surface area contributed by atoms with Crippen molar-refractivity contribution in [3.05, 3.63) is 12.2 Å². The van der Waals surface area contributed by atoms with E-state index < -0.39 is 24.8 Å². The highest BCUT2D eigenvalue weighted by Crippen LogP contribution is 2.01. The van der Waals surface area contributed by atoms with Crippen LogP contribution in [0.3, 0.4) is 0 Å². The summed E-state index contributed by atoms with van der Waals surface area (Å²) in [5.41, 5.74) is -0.0958. The zero-order valence-corrected chi connectivity index (χ0v) is 8.78. The highest BCUT2D eigenvalue weighted by atomic mass is 16.4. The largest absolute Gasteiger partial charge is 0.478 e. The fraction of sp³-hybridized carbons (Fsp3) is 0.667. The Morgan fingerprint density at radius 1 is 1.00 bits per heavy atom. The van der Waals surface area contributed by atoms with Crippen LogP contribution in [-0.2, 0) is 4.79 Å². The van der Waals surface area contributed by atoms with Crippen LogP contribution in [0, 0.1) is 0 Å². The van der Waals surface area contributed by atoms with Crippen molar-refractivity contribution in [3.63, 3.8) is 0 Å². The zero-order valence-electron chi connectivity index (χ0n) is 8.78. The molecule has 0 heterocycles. The van der Waals surface area contributed by atoms with Crippen molar-refractivity contribution in [2.45, 2.75) is 18.6 Å². The summed E-state index contributed by atoms with van der Waals surface area (Å²) in [5.74, 6) is -1.15. The van der Waals surface area contributed by atoms with Gasteiger partial charge in [0.2, 0.25) is 0 Å². The predicted octanol–water partition coefficient (Wildman–Crippen LogP) is -2.30. The van der Waals surface area contributed by atoms with Gasteiger partial charge in [-0.05, 0) is 0 Å². The second-order valence-electron chi connectivity index (χ2n) is 2.97. The minimum Gasteiger partial charge on any atom is -0.478 e. The van der Waals surface area contributed by atoms with Gasteiger partial charge in [0.25, 0.3) is 0 Å². The number of hydrogen-bond acceptors (Lipinski definition) is 6. The van der Waals surface area contributed by atoms with E-state index in [0.717, 1.165) is 0 Å². The van der Waals surface area contributed by atoms with Crippen molar-refractivity contribution in [2.75, 3.05) is 19.8 Å². The fourth-order valence-corrected chi connectivity index (χ4v) is 0.494. The number of carboxylic acids is 1. The monoisotopic (exact) mass is 238 g/mol. The molecular formula is C9H18O7. The Morgan fingerprint density at radius 2 is 1.38 bits per heavy atom. The van der Waals surface area contributed by atoms with Gasteiger partial charge < -0.3 is 30.6 Å². The lowest BCUT2D eigenvalue weighted by molar-refractivity contribution is -0.133. The van der Waals surface area contributed by atoms with Crippen molar-refractivity contribution in [1.82, 2.24) is 0 Å². The molecule has 0 aromatic rings. The standard InChI is InChI=1S/C6H10O4.C3H8O3/c1-4(6(9)10)2-5(8)3-7;4-1-3(6)2-5/h5,7-8H,1-3H2,(H,9,10);3-6H,1-2H2. The third-order valence-corrected chi connectivity index (χ3v) is 1.42. The quantitative estimate of drug-likeness (QED) is 0.286. The van der Waals surface area contributed by atoms with Gasteiger partial charge in [-0.3, -0.25) is 0 Å². The van der Waals surface area contributed by atoms with Gasteiger partial charge in [0, 0.05) is 12.0 Å². The fourth-order valence-electron chi connectivity index (χ4n) is 0.494. The molecule has 6 N–H and O–H groups in total. The number of aliphatic hydroxyl groups is 5. The van der Waals surface area contributed by atoms with E-state index in [0.29, 0.717) is 0 Å². The van der Waals surface area contributed by atoms with Crippen molar-refractivity contribution in [1.29, 1.82) is 0 Å². The molecule has 0 saturated heterocycles. The summed E-state index contributed by atoms with van der Waals surface area (Å²) >= 11 is 0. The first kappa shape index (κ1) is 17.4. The van der Waals surface area contributed by atoms with E-state index >= 15 is 0 Å². The summed E-state index contributed by atoms with van der Waals surface area (Å²) in [4.78, 5) is 10.1. The van der Waals surface area contributed by atoms with Crippen LogP contribution in [-0.4, -0.2) is 68.6 Å². The number of rotatable bonds is 6. The maximum Gasteiger partial charge on any atom is 0.331 e. The number of aliphatic hydroxyl groups excluding tert-OH is 5. The summed E-state index contributed by atoms with van der Waals surface area (Å²) in [6.45, 7) is 2.00. The van der Waals surface area contributed by atoms with Gasteiger partial charge in [-0.15, -0.1) is 0 Å². The molecule has 96 valence electrons. The van der Waals surface area contributed by atoms with E-state index in [1.165, 1.54) is 0 Å². The van der Waals surface area contributed by atoms with Crippen LogP contribution in [0.4, 0.5) is 0 Å². The highest BCUT2D eigenvalue weighted by Gasteiger charge is 2.09. The van der Waals surface area contributed by atoms with Gasteiger partial charge in [-0.25, -0.2) is 4.79 Å². The van der Waals surface area contributed by atoms with E-state index in [1.807, 2.05) is 0 Å². The van der Waals surface area contributed by atoms with Crippen LogP contribution in [0.2, 0.25) is 0 Å². The van der Waals surface area contributed by atoms with Crippen LogP contribution in [0.25, 0.3) is 0 Å². The van der Waals surface area contributed by atoms with E-state index in [-0.39, 0.29) is 25.2 Å². The van der Waals surface area contributed by atoms with Crippen LogP contribution < -0.4 is 0 Å². The first-order chi connectivity index (χ1) is 7.38. The summed E-state index contributed by atoms with van der Waals surface area (Å²) in [6.07, 6.45) is -2.06. The molecule has 0 radical (unpaired) electrons. The predicted molar refractivity (Wildman–Crippen MR) is 54.7 cm³/mol. The third kappa shape index (κ3) is 11.1. The van der Waals surface area contributed by atoms with Crippen LogP contribution in [0.5, 0.6) is 0 Å². The van der Waals surface area contributed by atoms with E-state index in [2.05, 4.69) is 6.58 Å². The Labute approximate surface area is 92.9 Å². The summed E-state index contributed by atoms with van der Waals surface area (Å²) in [5, 5.41) is 49.2. The molecule has 0 saturated carbocycles. The van der Waals surface area contributed by atoms with E-state index in [4.69, 9.17) is 30.6 Å². The molecule has 1 atom stereocenters. The molecule has 7 nitrogen and oxygen atoms in total. The second-order valence-corrected chi connectivity index (χ2v) is 2.97. The number of carbonyl (C=O) groups is 1. The van der Waals surface area contributed by atoms with Gasteiger partial charge >= 0.3 is 5.97 Å². The highest BCUT2D eigenvalue weighted by molar-refractivity contribution is 5.85. The summed E-state index contributed by atoms with van der Waals surface area (Å²) in [6, 6.07) is 0. The van der Waals surface area contributed by atoms with Gasteiger partial charge in [-0.1, -0.05) is 6.58 Å². The second kappa shape index (κ2) is 10.5. The SMILES string of the molecule is C=C(CC(O)CO)C(=O)O.OCC(O)CO. The van der Waals surface area contributed by atoms with Crippen molar-refractivity contribution in [3.8, 4) is 0 Å². The molecule has 1 unspecified atom stereocenters. The Hall–Kier alpha value is -0.990. The van der Waals surface area contributed by atoms with Crippen LogP contribution >= 0.6 is 0 Å². The number of carboxylic acid groups (broad SMARTS) is 1. The lowest BCUT2D eigenvalue weighted by Crippen LogP contribution is -2.15. The third-order valence-electron chi connectivity index (χ3n) is 1.42. The van der Waals surface area contributed by atoms with Crippen LogP contribution in [0.15, 0.2) is 12.2 Å². The smallest absolute Gasteiger partial charge is 0.331 e. The average molecular weight is 238 g/mol. The Balaban J connectivity index is 0. The van der Waals surface area contributed by atoms with Crippen LogP contribution in [0.1, 0.15) is 6.42 Å². The first-order valence-corrected chi connectivity index (χ1v) is 4.48. The molecule has 0 aliphatic heterocycles. The van der Waals surface area contributed by atoms with Crippen molar-refractivity contribution < 1.29 is 35.4 Å². The molecule has 0 rings (SSSR count). The molecule has 7 heteroatoms. The molecule has 0 amide bonds. The molecule has 0 aromatic carbocycles. The molecule has 0 spiro atoms. The van der Waals surface area contributed by atoms with Crippen molar-refractivity contribution >= 4 is 5.97 Å². The molecule has 0 aliphatic rings. The molecule has 0 bridgehead atoms. The normalized spacial score (nSPS) is 11.6. The van der Waals surface area contributed by atoms with Crippen molar-refractivity contribution in [2.24, 2.45) is 0 Å². The maximum atomic E-state index is 10.1. The Kier molecular flexibility index (Phi) is 11.5. The Morgan fingerprint density at radius 3 is 1.56 bits per heavy atom. The minimum absolute atomic E-state index is 0.0914. The van der Waals surface area contributed by atoms with Gasteiger partial charge in [-0.2, -0.15) is 0 Å². The van der Waals surface area contributed by atoms with E-state index in [1.54, 1.807) is 0 Å². The number of hydrogen-bond donors (Lipinski definition) is 6. The lowest BCUT2D eigenvalue weighted by Gasteiger charge is -2.04. The van der Waals surface area contributed by atoms with Gasteiger partial charge in [0.05, 0.1) is 25.9 Å². The molecule has 16 heavy (non-hydrogen) atoms. The first-order valence-electron chi connectivity index (χ1n) is 4.48. The average Bonchev–Trinajstić information content (AvgIpc) is 2.28. The Bertz CT molecular complexity index is 200. The summed E-state index contributed by atoms with van der Waals surface area (Å²) in [7, 11) is 0. The molecule has 0 fully saturated rings. The van der Waals surface area contributed by atoms with Gasteiger partial charge in [0.1, 0.15) is 6.10 Å². The topological polar surface area (TPSA) is 138 Å². The van der Waals surface area contributed by atoms with E-state index in [9.17, 15) is 4.79 Å². The molecular weight excluding hydrogens is 220 g/mol. The molecule has 0 aliphatic carbocycles.